The maximum atomic E-state index is 12.7. The predicted molar refractivity (Wildman–Crippen MR) is 83.8 cm³/mol. The first kappa shape index (κ1) is 19.7. The van der Waals surface area contributed by atoms with Crippen LogP contribution in [-0.4, -0.2) is 42.7 Å². The molecule has 0 saturated heterocycles. The van der Waals surface area contributed by atoms with E-state index in [0.717, 1.165) is 16.6 Å². The number of oxazole rings is 1. The van der Waals surface area contributed by atoms with Crippen LogP contribution in [0, 0.1) is 6.92 Å². The van der Waals surface area contributed by atoms with Crippen molar-refractivity contribution in [1.82, 2.24) is 19.0 Å². The number of anilines is 2. The zero-order valence-corrected chi connectivity index (χ0v) is 14.6. The summed E-state index contributed by atoms with van der Waals surface area (Å²) < 4.78 is 68.8. The molecule has 1 amide bonds. The number of hydrogen-bond acceptors (Lipinski definition) is 7. The number of rotatable bonds is 5. The van der Waals surface area contributed by atoms with Gasteiger partial charge in [-0.1, -0.05) is 6.07 Å². The molecule has 0 aliphatic heterocycles. The van der Waals surface area contributed by atoms with Gasteiger partial charge in [0.05, 0.1) is 0 Å². The van der Waals surface area contributed by atoms with Gasteiger partial charge in [0.1, 0.15) is 17.8 Å². The molecule has 0 aliphatic carbocycles. The van der Waals surface area contributed by atoms with Crippen molar-refractivity contribution in [3.63, 3.8) is 0 Å². The summed E-state index contributed by atoms with van der Waals surface area (Å²) in [6.45, 7) is 1.51. The van der Waals surface area contributed by atoms with E-state index in [1.807, 2.05) is 0 Å². The second-order valence-electron chi connectivity index (χ2n) is 5.24. The Labute approximate surface area is 146 Å². The number of aromatic nitrogens is 2. The third-order valence-electron chi connectivity index (χ3n) is 3.05. The van der Waals surface area contributed by atoms with E-state index in [1.165, 1.54) is 27.1 Å². The van der Waals surface area contributed by atoms with Crippen molar-refractivity contribution in [3.8, 4) is 0 Å². The van der Waals surface area contributed by atoms with E-state index in [9.17, 15) is 26.4 Å². The Kier molecular flexibility index (Phi) is 5.23. The number of pyridine rings is 1. The summed E-state index contributed by atoms with van der Waals surface area (Å²) >= 11 is 0. The van der Waals surface area contributed by atoms with Gasteiger partial charge in [-0.15, -0.1) is 0 Å². The van der Waals surface area contributed by atoms with Crippen LogP contribution in [0.3, 0.4) is 0 Å². The number of carbonyl (C=O) groups is 1. The van der Waals surface area contributed by atoms with Crippen LogP contribution in [-0.2, 0) is 16.4 Å². The third kappa shape index (κ3) is 4.49. The van der Waals surface area contributed by atoms with Crippen LogP contribution >= 0.6 is 0 Å². The van der Waals surface area contributed by atoms with Crippen LogP contribution in [0.5, 0.6) is 0 Å². The standard InChI is InChI=1S/C13H14F3N5O4S/c1-7-4-5-9(13(14,15)16)18-10(7)19-12-17-8(6-25-12)11(22)20-26(23,24)21(2)3/h4-6H,1-3H3,(H,20,22)(H,17,18,19). The average molecular weight is 393 g/mol. The van der Waals surface area contributed by atoms with Crippen molar-refractivity contribution in [2.45, 2.75) is 13.1 Å². The van der Waals surface area contributed by atoms with E-state index < -0.39 is 28.0 Å². The van der Waals surface area contributed by atoms with Crippen molar-refractivity contribution in [1.29, 1.82) is 0 Å². The van der Waals surface area contributed by atoms with Gasteiger partial charge in [-0.2, -0.15) is 30.9 Å². The van der Waals surface area contributed by atoms with E-state index in [2.05, 4.69) is 15.3 Å². The van der Waals surface area contributed by atoms with E-state index in [1.54, 1.807) is 4.72 Å². The Morgan fingerprint density at radius 3 is 2.46 bits per heavy atom. The number of halogens is 3. The molecule has 13 heteroatoms. The SMILES string of the molecule is Cc1ccc(C(F)(F)F)nc1Nc1nc(C(=O)NS(=O)(=O)N(C)C)co1. The average Bonchev–Trinajstić information content (AvgIpc) is 2.96. The van der Waals surface area contributed by atoms with Crippen LogP contribution in [0.1, 0.15) is 21.7 Å². The van der Waals surface area contributed by atoms with Gasteiger partial charge in [0.15, 0.2) is 5.69 Å². The molecule has 142 valence electrons. The Bertz CT molecular complexity index is 924. The predicted octanol–water partition coefficient (Wildman–Crippen LogP) is 1.68. The van der Waals surface area contributed by atoms with Crippen molar-refractivity contribution < 1.29 is 30.8 Å². The number of alkyl halides is 3. The summed E-state index contributed by atoms with van der Waals surface area (Å²) in [5.74, 6) is -1.24. The minimum absolute atomic E-state index is 0.172. The molecule has 9 nitrogen and oxygen atoms in total. The van der Waals surface area contributed by atoms with E-state index in [4.69, 9.17) is 4.42 Å². The van der Waals surface area contributed by atoms with Crippen molar-refractivity contribution in [2.24, 2.45) is 0 Å². The lowest BCUT2D eigenvalue weighted by Gasteiger charge is -2.11. The number of nitrogens with zero attached hydrogens (tertiary/aromatic N) is 3. The van der Waals surface area contributed by atoms with Crippen molar-refractivity contribution in [3.05, 3.63) is 35.3 Å². The second-order valence-corrected chi connectivity index (χ2v) is 7.13. The van der Waals surface area contributed by atoms with Crippen molar-refractivity contribution in [2.75, 3.05) is 19.4 Å². The molecule has 2 rings (SSSR count). The maximum Gasteiger partial charge on any atom is 0.433 e. The zero-order valence-electron chi connectivity index (χ0n) is 13.7. The highest BCUT2D eigenvalue weighted by Gasteiger charge is 2.33. The molecule has 2 aromatic heterocycles. The quantitative estimate of drug-likeness (QED) is 0.793. The van der Waals surface area contributed by atoms with E-state index in [0.29, 0.717) is 5.56 Å². The molecule has 2 heterocycles. The highest BCUT2D eigenvalue weighted by Crippen LogP contribution is 2.30. The molecule has 0 aliphatic rings. The number of amides is 1. The molecule has 0 radical (unpaired) electrons. The van der Waals surface area contributed by atoms with Gasteiger partial charge in [0.25, 0.3) is 5.91 Å². The molecule has 0 atom stereocenters. The van der Waals surface area contributed by atoms with Crippen LogP contribution in [0.25, 0.3) is 0 Å². The minimum Gasteiger partial charge on any atom is -0.431 e. The summed E-state index contributed by atoms with van der Waals surface area (Å²) in [4.78, 5) is 19.0. The first-order valence-corrected chi connectivity index (χ1v) is 8.36. The van der Waals surface area contributed by atoms with Gasteiger partial charge in [0.2, 0.25) is 0 Å². The highest BCUT2D eigenvalue weighted by atomic mass is 32.2. The zero-order chi connectivity index (χ0) is 19.7. The first-order chi connectivity index (χ1) is 11.9. The number of aryl methyl sites for hydroxylation is 1. The molecule has 26 heavy (non-hydrogen) atoms. The molecule has 0 bridgehead atoms. The smallest absolute Gasteiger partial charge is 0.431 e. The summed E-state index contributed by atoms with van der Waals surface area (Å²) in [6.07, 6.45) is -3.78. The Balaban J connectivity index is 2.20. The van der Waals surface area contributed by atoms with Gasteiger partial charge in [-0.3, -0.25) is 10.1 Å². The summed E-state index contributed by atoms with van der Waals surface area (Å²) in [7, 11) is -1.60. The van der Waals surface area contributed by atoms with Crippen LogP contribution in [0.15, 0.2) is 22.8 Å². The summed E-state index contributed by atoms with van der Waals surface area (Å²) in [5.41, 5.74) is -1.13. The molecule has 0 fully saturated rings. The summed E-state index contributed by atoms with van der Waals surface area (Å²) in [5, 5.41) is 2.42. The van der Waals surface area contributed by atoms with Crippen LogP contribution in [0.4, 0.5) is 25.0 Å². The third-order valence-corrected chi connectivity index (χ3v) is 4.46. The number of hydrogen-bond donors (Lipinski definition) is 2. The largest absolute Gasteiger partial charge is 0.433 e. The fourth-order valence-electron chi connectivity index (χ4n) is 1.61. The van der Waals surface area contributed by atoms with Gasteiger partial charge in [-0.25, -0.2) is 9.71 Å². The Hall–Kier alpha value is -2.67. The maximum absolute atomic E-state index is 12.7. The van der Waals surface area contributed by atoms with Crippen LogP contribution < -0.4 is 10.0 Å². The van der Waals surface area contributed by atoms with Gasteiger partial charge < -0.3 is 4.42 Å². The fraction of sp³-hybridized carbons (Fsp3) is 0.308. The summed E-state index contributed by atoms with van der Waals surface area (Å²) in [6, 6.07) is 1.70. The van der Waals surface area contributed by atoms with Crippen molar-refractivity contribution >= 4 is 27.9 Å². The molecule has 0 unspecified atom stereocenters. The molecule has 2 N–H and O–H groups in total. The molecule has 0 spiro atoms. The molecular formula is C13H14F3N5O4S. The molecule has 0 aromatic carbocycles. The Morgan fingerprint density at radius 2 is 1.88 bits per heavy atom. The van der Waals surface area contributed by atoms with Gasteiger partial charge in [0, 0.05) is 14.1 Å². The van der Waals surface area contributed by atoms with E-state index in [-0.39, 0.29) is 17.5 Å². The van der Waals surface area contributed by atoms with Gasteiger partial charge >= 0.3 is 22.4 Å². The second kappa shape index (κ2) is 6.92. The fourth-order valence-corrected chi connectivity index (χ4v) is 2.13. The monoisotopic (exact) mass is 393 g/mol. The van der Waals surface area contributed by atoms with E-state index >= 15 is 0 Å². The lowest BCUT2D eigenvalue weighted by Crippen LogP contribution is -2.39. The molecule has 2 aromatic rings. The van der Waals surface area contributed by atoms with Gasteiger partial charge in [-0.05, 0) is 18.6 Å². The lowest BCUT2D eigenvalue weighted by molar-refractivity contribution is -0.141. The lowest BCUT2D eigenvalue weighted by atomic mass is 10.2. The first-order valence-electron chi connectivity index (χ1n) is 6.92. The van der Waals surface area contributed by atoms with Crippen LogP contribution in [0.2, 0.25) is 0 Å². The topological polar surface area (TPSA) is 117 Å². The molecular weight excluding hydrogens is 379 g/mol. The highest BCUT2D eigenvalue weighted by molar-refractivity contribution is 7.87. The normalized spacial score (nSPS) is 12.3. The molecule has 0 saturated carbocycles. The number of carbonyl (C=O) groups excluding carboxylic acids is 1. The number of nitrogens with one attached hydrogen (secondary N) is 2. The minimum atomic E-state index is -4.63. The Morgan fingerprint density at radius 1 is 1.23 bits per heavy atom.